The number of hydrogen-bond donors (Lipinski definition) is 1. The largest absolute Gasteiger partial charge is 0.360 e. The van der Waals surface area contributed by atoms with E-state index in [1.54, 1.807) is 6.92 Å². The fraction of sp³-hybridized carbons (Fsp3) is 0.375. The topological polar surface area (TPSA) is 92.5 Å². The van der Waals surface area contributed by atoms with Crippen LogP contribution in [0.15, 0.2) is 34.9 Å². The molecule has 0 aliphatic heterocycles. The van der Waals surface area contributed by atoms with Gasteiger partial charge in [0.15, 0.2) is 5.82 Å². The highest BCUT2D eigenvalue weighted by molar-refractivity contribution is 7.92. The average molecular weight is 351 g/mol. The third kappa shape index (κ3) is 4.82. The maximum atomic E-state index is 12.1. The van der Waals surface area contributed by atoms with E-state index in [9.17, 15) is 13.2 Å². The van der Waals surface area contributed by atoms with Gasteiger partial charge in [0.1, 0.15) is 5.76 Å². The fourth-order valence-corrected chi connectivity index (χ4v) is 3.02. The van der Waals surface area contributed by atoms with Crippen LogP contribution >= 0.6 is 0 Å². The van der Waals surface area contributed by atoms with E-state index in [0.29, 0.717) is 11.4 Å². The van der Waals surface area contributed by atoms with Crippen molar-refractivity contribution in [1.82, 2.24) is 5.16 Å². The van der Waals surface area contributed by atoms with Gasteiger partial charge in [-0.15, -0.1) is 0 Å². The molecule has 0 saturated heterocycles. The van der Waals surface area contributed by atoms with Crippen LogP contribution < -0.4 is 9.62 Å². The third-order valence-electron chi connectivity index (χ3n) is 3.46. The minimum atomic E-state index is -3.55. The molecule has 130 valence electrons. The summed E-state index contributed by atoms with van der Waals surface area (Å²) in [6.07, 6.45) is 2.00. The van der Waals surface area contributed by atoms with Crippen molar-refractivity contribution in [2.75, 3.05) is 22.4 Å². The minimum Gasteiger partial charge on any atom is -0.360 e. The van der Waals surface area contributed by atoms with E-state index in [-0.39, 0.29) is 24.7 Å². The standard InChI is InChI=1S/C16H21N3O4S/c1-4-13-5-7-14(8-6-13)17-16(20)9-10-19(24(3,21)22)15-11-12(2)23-18-15/h5-8,11H,4,9-10H2,1-3H3,(H,17,20). The van der Waals surface area contributed by atoms with Crippen molar-refractivity contribution in [2.24, 2.45) is 0 Å². The maximum Gasteiger partial charge on any atom is 0.233 e. The summed E-state index contributed by atoms with van der Waals surface area (Å²) in [4.78, 5) is 12.1. The highest BCUT2D eigenvalue weighted by Crippen LogP contribution is 2.17. The first kappa shape index (κ1) is 18.0. The molecule has 2 aromatic rings. The van der Waals surface area contributed by atoms with Crippen LogP contribution in [0.2, 0.25) is 0 Å². The normalized spacial score (nSPS) is 11.3. The summed E-state index contributed by atoms with van der Waals surface area (Å²) in [7, 11) is -3.55. The predicted octanol–water partition coefficient (Wildman–Crippen LogP) is 2.34. The van der Waals surface area contributed by atoms with Crippen LogP contribution in [-0.2, 0) is 21.2 Å². The molecule has 1 N–H and O–H groups in total. The lowest BCUT2D eigenvalue weighted by molar-refractivity contribution is -0.116. The van der Waals surface area contributed by atoms with E-state index >= 15 is 0 Å². The number of rotatable bonds is 7. The molecule has 0 radical (unpaired) electrons. The van der Waals surface area contributed by atoms with Crippen molar-refractivity contribution in [1.29, 1.82) is 0 Å². The lowest BCUT2D eigenvalue weighted by atomic mass is 10.1. The highest BCUT2D eigenvalue weighted by Gasteiger charge is 2.21. The van der Waals surface area contributed by atoms with Crippen LogP contribution in [-0.4, -0.2) is 32.3 Å². The number of carbonyl (C=O) groups excluding carboxylic acids is 1. The Labute approximate surface area is 141 Å². The van der Waals surface area contributed by atoms with E-state index in [2.05, 4.69) is 17.4 Å². The molecular weight excluding hydrogens is 330 g/mol. The summed E-state index contributed by atoms with van der Waals surface area (Å²) in [5, 5.41) is 6.46. The first-order valence-electron chi connectivity index (χ1n) is 7.59. The molecule has 0 bridgehead atoms. The molecule has 7 nitrogen and oxygen atoms in total. The molecule has 0 saturated carbocycles. The quantitative estimate of drug-likeness (QED) is 0.826. The van der Waals surface area contributed by atoms with Crippen LogP contribution in [0.3, 0.4) is 0 Å². The average Bonchev–Trinajstić information content (AvgIpc) is 2.93. The smallest absolute Gasteiger partial charge is 0.233 e. The first-order valence-corrected chi connectivity index (χ1v) is 9.44. The fourth-order valence-electron chi connectivity index (χ4n) is 2.17. The van der Waals surface area contributed by atoms with Gasteiger partial charge in [-0.25, -0.2) is 8.42 Å². The molecular formula is C16H21N3O4S. The maximum absolute atomic E-state index is 12.1. The summed E-state index contributed by atoms with van der Waals surface area (Å²) in [6.45, 7) is 3.71. The van der Waals surface area contributed by atoms with Crippen molar-refractivity contribution in [3.63, 3.8) is 0 Å². The number of nitrogens with zero attached hydrogens (tertiary/aromatic N) is 2. The van der Waals surface area contributed by atoms with Crippen molar-refractivity contribution in [2.45, 2.75) is 26.7 Å². The summed E-state index contributed by atoms with van der Waals surface area (Å²) in [6, 6.07) is 9.05. The molecule has 1 amide bonds. The Morgan fingerprint density at radius 2 is 1.96 bits per heavy atom. The Hall–Kier alpha value is -2.35. The van der Waals surface area contributed by atoms with Gasteiger partial charge in [-0.3, -0.25) is 9.10 Å². The minimum absolute atomic E-state index is 0.00844. The van der Waals surface area contributed by atoms with E-state index in [0.717, 1.165) is 17.0 Å². The number of amides is 1. The number of aryl methyl sites for hydroxylation is 2. The van der Waals surface area contributed by atoms with Crippen molar-refractivity contribution < 1.29 is 17.7 Å². The van der Waals surface area contributed by atoms with E-state index < -0.39 is 10.0 Å². The zero-order chi connectivity index (χ0) is 17.7. The van der Waals surface area contributed by atoms with Gasteiger partial charge < -0.3 is 9.84 Å². The van der Waals surface area contributed by atoms with Crippen LogP contribution in [0, 0.1) is 6.92 Å². The summed E-state index contributed by atoms with van der Waals surface area (Å²) in [5.41, 5.74) is 1.86. The van der Waals surface area contributed by atoms with Gasteiger partial charge >= 0.3 is 0 Å². The number of anilines is 2. The second kappa shape index (κ2) is 7.48. The van der Waals surface area contributed by atoms with E-state index in [1.807, 2.05) is 24.3 Å². The molecule has 0 fully saturated rings. The predicted molar refractivity (Wildman–Crippen MR) is 92.5 cm³/mol. The van der Waals surface area contributed by atoms with Crippen molar-refractivity contribution in [3.05, 3.63) is 41.7 Å². The Kier molecular flexibility index (Phi) is 5.61. The van der Waals surface area contributed by atoms with Gasteiger partial charge in [0.25, 0.3) is 0 Å². The van der Waals surface area contributed by atoms with Crippen LogP contribution in [0.4, 0.5) is 11.5 Å². The Morgan fingerprint density at radius 1 is 1.29 bits per heavy atom. The van der Waals surface area contributed by atoms with Gasteiger partial charge in [0.05, 0.1) is 6.26 Å². The number of nitrogens with one attached hydrogen (secondary N) is 1. The molecule has 24 heavy (non-hydrogen) atoms. The Balaban J connectivity index is 1.99. The molecule has 0 spiro atoms. The molecule has 1 aromatic carbocycles. The molecule has 1 heterocycles. The molecule has 0 aliphatic rings. The lowest BCUT2D eigenvalue weighted by Crippen LogP contribution is -2.33. The monoisotopic (exact) mass is 351 g/mol. The SMILES string of the molecule is CCc1ccc(NC(=O)CCN(c2cc(C)on2)S(C)(=O)=O)cc1. The number of aromatic nitrogens is 1. The first-order chi connectivity index (χ1) is 11.3. The second-order valence-corrected chi connectivity index (χ2v) is 7.39. The van der Waals surface area contributed by atoms with Gasteiger partial charge in [0, 0.05) is 24.7 Å². The number of sulfonamides is 1. The van der Waals surface area contributed by atoms with Crippen LogP contribution in [0.25, 0.3) is 0 Å². The summed E-state index contributed by atoms with van der Waals surface area (Å²) >= 11 is 0. The molecule has 0 unspecified atom stereocenters. The van der Waals surface area contributed by atoms with Crippen LogP contribution in [0.5, 0.6) is 0 Å². The van der Waals surface area contributed by atoms with E-state index in [4.69, 9.17) is 4.52 Å². The molecule has 2 rings (SSSR count). The zero-order valence-electron chi connectivity index (χ0n) is 13.9. The summed E-state index contributed by atoms with van der Waals surface area (Å²) < 4.78 is 29.8. The van der Waals surface area contributed by atoms with Gasteiger partial charge in [-0.2, -0.15) is 0 Å². The zero-order valence-corrected chi connectivity index (χ0v) is 14.8. The van der Waals surface area contributed by atoms with E-state index in [1.165, 1.54) is 11.6 Å². The van der Waals surface area contributed by atoms with Gasteiger partial charge in [-0.05, 0) is 31.0 Å². The number of benzene rings is 1. The summed E-state index contributed by atoms with van der Waals surface area (Å²) in [5.74, 6) is 0.405. The van der Waals surface area contributed by atoms with Gasteiger partial charge in [0.2, 0.25) is 15.9 Å². The molecule has 8 heteroatoms. The molecule has 1 aromatic heterocycles. The van der Waals surface area contributed by atoms with Gasteiger partial charge in [-0.1, -0.05) is 24.2 Å². The number of hydrogen-bond acceptors (Lipinski definition) is 5. The van der Waals surface area contributed by atoms with Crippen molar-refractivity contribution in [3.8, 4) is 0 Å². The lowest BCUT2D eigenvalue weighted by Gasteiger charge is -2.18. The highest BCUT2D eigenvalue weighted by atomic mass is 32.2. The molecule has 0 atom stereocenters. The van der Waals surface area contributed by atoms with Crippen LogP contribution in [0.1, 0.15) is 24.7 Å². The number of carbonyl (C=O) groups is 1. The van der Waals surface area contributed by atoms with Crippen molar-refractivity contribution >= 4 is 27.4 Å². The Bertz CT molecular complexity index is 797. The molecule has 0 aliphatic carbocycles. The second-order valence-electron chi connectivity index (χ2n) is 5.48. The Morgan fingerprint density at radius 3 is 2.46 bits per heavy atom. The third-order valence-corrected chi connectivity index (χ3v) is 4.63.